The van der Waals surface area contributed by atoms with Crippen molar-refractivity contribution >= 4 is 0 Å². The molecule has 0 aliphatic rings. The summed E-state index contributed by atoms with van der Waals surface area (Å²) in [5, 5.41) is 1.85. The lowest BCUT2D eigenvalue weighted by Gasteiger charge is -2.25. The quantitative estimate of drug-likeness (QED) is 0.525. The van der Waals surface area contributed by atoms with E-state index in [1.54, 1.807) is 0 Å². The van der Waals surface area contributed by atoms with Crippen molar-refractivity contribution in [3.8, 4) is 0 Å². The highest BCUT2D eigenvalue weighted by atomic mass is 15.9. The van der Waals surface area contributed by atoms with Crippen LogP contribution in [0.25, 0.3) is 0 Å². The first kappa shape index (κ1) is 17.3. The van der Waals surface area contributed by atoms with Gasteiger partial charge in [0.2, 0.25) is 0 Å². The summed E-state index contributed by atoms with van der Waals surface area (Å²) in [6, 6.07) is 31.1. The molecule has 0 heterocycles. The first-order chi connectivity index (χ1) is 12.4. The standard InChI is InChI=1S/C21H24N4/c1-4-10-19(11-5-1)16-22-25(23-17-20-12-6-2-7-13-20)24-18-21-14-8-3-9-15-21/h1-15,22-24H,16-18H2. The van der Waals surface area contributed by atoms with Gasteiger partial charge in [-0.05, 0) is 16.7 Å². The minimum absolute atomic E-state index is 0.740. The topological polar surface area (TPSA) is 39.3 Å². The van der Waals surface area contributed by atoms with Gasteiger partial charge in [0.15, 0.2) is 0 Å². The summed E-state index contributed by atoms with van der Waals surface area (Å²) in [4.78, 5) is 0. The molecular weight excluding hydrogens is 308 g/mol. The molecule has 3 rings (SSSR count). The molecule has 0 unspecified atom stereocenters. The molecule has 0 saturated heterocycles. The third kappa shape index (κ3) is 6.14. The van der Waals surface area contributed by atoms with Crippen LogP contribution >= 0.6 is 0 Å². The van der Waals surface area contributed by atoms with Crippen LogP contribution in [0.5, 0.6) is 0 Å². The molecule has 0 saturated carbocycles. The summed E-state index contributed by atoms with van der Waals surface area (Å²) >= 11 is 0. The van der Waals surface area contributed by atoms with Crippen molar-refractivity contribution in [2.24, 2.45) is 0 Å². The SMILES string of the molecule is c1ccc(CNN(NCc2ccccc2)NCc2ccccc2)cc1. The van der Waals surface area contributed by atoms with Crippen molar-refractivity contribution in [1.82, 2.24) is 21.5 Å². The van der Waals surface area contributed by atoms with E-state index in [9.17, 15) is 0 Å². The summed E-state index contributed by atoms with van der Waals surface area (Å²) in [5.74, 6) is 0. The van der Waals surface area contributed by atoms with Crippen LogP contribution in [-0.2, 0) is 19.6 Å². The summed E-state index contributed by atoms with van der Waals surface area (Å²) in [6.07, 6.45) is 0. The molecule has 0 amide bonds. The second-order valence-corrected chi connectivity index (χ2v) is 5.80. The van der Waals surface area contributed by atoms with E-state index in [2.05, 4.69) is 89.1 Å². The molecule has 0 aliphatic heterocycles. The fourth-order valence-electron chi connectivity index (χ4n) is 2.47. The van der Waals surface area contributed by atoms with Crippen LogP contribution in [0, 0.1) is 0 Å². The number of hydrogen-bond acceptors (Lipinski definition) is 4. The average Bonchev–Trinajstić information content (AvgIpc) is 2.70. The normalized spacial score (nSPS) is 10.9. The van der Waals surface area contributed by atoms with Gasteiger partial charge in [0, 0.05) is 19.6 Å². The van der Waals surface area contributed by atoms with E-state index in [1.807, 2.05) is 23.4 Å². The van der Waals surface area contributed by atoms with E-state index >= 15 is 0 Å². The molecule has 0 spiro atoms. The Bertz CT molecular complexity index is 613. The van der Waals surface area contributed by atoms with E-state index in [0.29, 0.717) is 0 Å². The highest BCUT2D eigenvalue weighted by molar-refractivity contribution is 5.15. The lowest BCUT2D eigenvalue weighted by molar-refractivity contribution is 0.0380. The second kappa shape index (κ2) is 9.71. The van der Waals surface area contributed by atoms with E-state index in [0.717, 1.165) is 19.6 Å². The number of hydrogen-bond donors (Lipinski definition) is 3. The van der Waals surface area contributed by atoms with Crippen LogP contribution in [0.3, 0.4) is 0 Å². The third-order valence-corrected chi connectivity index (χ3v) is 3.85. The largest absolute Gasteiger partial charge is 0.223 e. The molecule has 25 heavy (non-hydrogen) atoms. The van der Waals surface area contributed by atoms with E-state index in [1.165, 1.54) is 16.7 Å². The fourth-order valence-corrected chi connectivity index (χ4v) is 2.47. The Labute approximate surface area is 149 Å². The van der Waals surface area contributed by atoms with Crippen molar-refractivity contribution in [3.63, 3.8) is 0 Å². The minimum Gasteiger partial charge on any atom is -0.223 e. The van der Waals surface area contributed by atoms with Gasteiger partial charge in [-0.2, -0.15) is 0 Å². The van der Waals surface area contributed by atoms with Gasteiger partial charge in [0.25, 0.3) is 0 Å². The van der Waals surface area contributed by atoms with Crippen molar-refractivity contribution in [3.05, 3.63) is 108 Å². The van der Waals surface area contributed by atoms with Gasteiger partial charge in [0.1, 0.15) is 0 Å². The number of nitrogens with one attached hydrogen (secondary N) is 3. The van der Waals surface area contributed by atoms with Gasteiger partial charge in [0.05, 0.1) is 0 Å². The van der Waals surface area contributed by atoms with Crippen molar-refractivity contribution in [2.45, 2.75) is 19.6 Å². The molecule has 0 radical (unpaired) electrons. The Balaban J connectivity index is 1.56. The van der Waals surface area contributed by atoms with Crippen LogP contribution in [-0.4, -0.2) is 5.23 Å². The molecule has 4 nitrogen and oxygen atoms in total. The summed E-state index contributed by atoms with van der Waals surface area (Å²) in [7, 11) is 0. The van der Waals surface area contributed by atoms with Gasteiger partial charge >= 0.3 is 0 Å². The number of benzene rings is 3. The lowest BCUT2D eigenvalue weighted by Crippen LogP contribution is -2.55. The molecule has 128 valence electrons. The molecule has 3 aromatic carbocycles. The predicted molar refractivity (Wildman–Crippen MR) is 102 cm³/mol. The molecule has 0 aromatic heterocycles. The zero-order chi connectivity index (χ0) is 17.2. The monoisotopic (exact) mass is 332 g/mol. The Morgan fingerprint density at radius 1 is 0.440 bits per heavy atom. The first-order valence-electron chi connectivity index (χ1n) is 8.52. The Morgan fingerprint density at radius 3 is 1.00 bits per heavy atom. The lowest BCUT2D eigenvalue weighted by atomic mass is 10.2. The molecule has 0 atom stereocenters. The van der Waals surface area contributed by atoms with Crippen molar-refractivity contribution in [1.29, 1.82) is 0 Å². The minimum atomic E-state index is 0.740. The number of rotatable bonds is 9. The molecule has 3 aromatic rings. The second-order valence-electron chi connectivity index (χ2n) is 5.80. The van der Waals surface area contributed by atoms with Crippen LogP contribution in [0.15, 0.2) is 91.0 Å². The van der Waals surface area contributed by atoms with E-state index in [-0.39, 0.29) is 0 Å². The Morgan fingerprint density at radius 2 is 0.720 bits per heavy atom. The molecule has 0 bridgehead atoms. The van der Waals surface area contributed by atoms with Gasteiger partial charge in [-0.1, -0.05) is 91.0 Å². The molecular formula is C21H24N4. The molecule has 0 aliphatic carbocycles. The highest BCUT2D eigenvalue weighted by Crippen LogP contribution is 2.01. The van der Waals surface area contributed by atoms with Crippen LogP contribution in [0.2, 0.25) is 0 Å². The van der Waals surface area contributed by atoms with Gasteiger partial charge in [-0.15, -0.1) is 5.23 Å². The van der Waals surface area contributed by atoms with Gasteiger partial charge < -0.3 is 0 Å². The Hall–Kier alpha value is -2.50. The number of nitrogens with zero attached hydrogens (tertiary/aromatic N) is 1. The van der Waals surface area contributed by atoms with Crippen LogP contribution < -0.4 is 16.3 Å². The highest BCUT2D eigenvalue weighted by Gasteiger charge is 2.04. The van der Waals surface area contributed by atoms with E-state index in [4.69, 9.17) is 0 Å². The molecule has 0 fully saturated rings. The zero-order valence-corrected chi connectivity index (χ0v) is 14.2. The average molecular weight is 332 g/mol. The van der Waals surface area contributed by atoms with Gasteiger partial charge in [-0.3, -0.25) is 0 Å². The maximum atomic E-state index is 3.39. The predicted octanol–water partition coefficient (Wildman–Crippen LogP) is 3.40. The van der Waals surface area contributed by atoms with Crippen LogP contribution in [0.4, 0.5) is 0 Å². The Kier molecular flexibility index (Phi) is 6.73. The van der Waals surface area contributed by atoms with Gasteiger partial charge in [-0.25, -0.2) is 16.3 Å². The van der Waals surface area contributed by atoms with E-state index < -0.39 is 0 Å². The summed E-state index contributed by atoms with van der Waals surface area (Å²) < 4.78 is 0. The third-order valence-electron chi connectivity index (χ3n) is 3.85. The van der Waals surface area contributed by atoms with Crippen LogP contribution in [0.1, 0.15) is 16.7 Å². The summed E-state index contributed by atoms with van der Waals surface area (Å²) in [6.45, 7) is 2.22. The maximum Gasteiger partial charge on any atom is 0.0380 e. The summed E-state index contributed by atoms with van der Waals surface area (Å²) in [5.41, 5.74) is 13.9. The molecule has 4 heteroatoms. The smallest absolute Gasteiger partial charge is 0.0380 e. The first-order valence-corrected chi connectivity index (χ1v) is 8.52. The zero-order valence-electron chi connectivity index (χ0n) is 14.2. The fraction of sp³-hybridized carbons (Fsp3) is 0.143. The molecule has 3 N–H and O–H groups in total. The van der Waals surface area contributed by atoms with Crippen molar-refractivity contribution < 1.29 is 0 Å². The number of hydrazine groups is 3. The maximum absolute atomic E-state index is 3.39. The van der Waals surface area contributed by atoms with Crippen molar-refractivity contribution in [2.75, 3.05) is 0 Å².